The van der Waals surface area contributed by atoms with E-state index in [-0.39, 0.29) is 0 Å². The predicted octanol–water partition coefficient (Wildman–Crippen LogP) is 3.44. The first-order valence-electron chi connectivity index (χ1n) is 5.08. The maximum Gasteiger partial charge on any atom is 0.0296 e. The monoisotopic (exact) mass is 217 g/mol. The largest absolute Gasteiger partial charge is 0.315 e. The van der Waals surface area contributed by atoms with Gasteiger partial charge >= 0.3 is 0 Å². The zero-order valence-corrected chi connectivity index (χ0v) is 9.90. The molecule has 2 rings (SSSR count). The highest BCUT2D eigenvalue weighted by atomic mass is 32.1. The van der Waals surface area contributed by atoms with Crippen molar-refractivity contribution in [3.63, 3.8) is 0 Å². The van der Waals surface area contributed by atoms with Gasteiger partial charge in [-0.1, -0.05) is 29.8 Å². The van der Waals surface area contributed by atoms with Crippen LogP contribution in [0.2, 0.25) is 0 Å². The van der Waals surface area contributed by atoms with Gasteiger partial charge in [0.25, 0.3) is 0 Å². The van der Waals surface area contributed by atoms with Gasteiger partial charge in [-0.2, -0.15) is 0 Å². The molecule has 1 N–H and O–H groups in total. The van der Waals surface area contributed by atoms with Gasteiger partial charge in [-0.25, -0.2) is 0 Å². The highest BCUT2D eigenvalue weighted by Gasteiger charge is 2.01. The summed E-state index contributed by atoms with van der Waals surface area (Å²) in [5.74, 6) is 0. The van der Waals surface area contributed by atoms with Crippen LogP contribution in [-0.4, -0.2) is 7.05 Å². The van der Waals surface area contributed by atoms with E-state index in [2.05, 4.69) is 48.0 Å². The van der Waals surface area contributed by atoms with Gasteiger partial charge in [0.1, 0.15) is 0 Å². The van der Waals surface area contributed by atoms with Crippen molar-refractivity contribution < 1.29 is 0 Å². The van der Waals surface area contributed by atoms with Gasteiger partial charge in [-0.15, -0.1) is 11.3 Å². The third-order valence-corrected chi connectivity index (χ3v) is 3.33. The third kappa shape index (κ3) is 2.46. The van der Waals surface area contributed by atoms with Crippen LogP contribution in [0.4, 0.5) is 0 Å². The van der Waals surface area contributed by atoms with Crippen molar-refractivity contribution in [2.45, 2.75) is 13.5 Å². The Labute approximate surface area is 94.8 Å². The van der Waals surface area contributed by atoms with Crippen molar-refractivity contribution in [3.05, 3.63) is 46.2 Å². The summed E-state index contributed by atoms with van der Waals surface area (Å²) >= 11 is 1.81. The van der Waals surface area contributed by atoms with Gasteiger partial charge in [0.15, 0.2) is 0 Å². The molecule has 0 bridgehead atoms. The third-order valence-electron chi connectivity index (χ3n) is 2.39. The van der Waals surface area contributed by atoms with Crippen LogP contribution in [0.25, 0.3) is 11.1 Å². The van der Waals surface area contributed by atoms with E-state index in [9.17, 15) is 0 Å². The minimum absolute atomic E-state index is 0.955. The Morgan fingerprint density at radius 3 is 2.53 bits per heavy atom. The van der Waals surface area contributed by atoms with E-state index in [0.29, 0.717) is 0 Å². The molecule has 0 amide bonds. The van der Waals surface area contributed by atoms with E-state index in [1.165, 1.54) is 21.6 Å². The van der Waals surface area contributed by atoms with E-state index >= 15 is 0 Å². The molecule has 0 fully saturated rings. The van der Waals surface area contributed by atoms with Crippen LogP contribution in [0, 0.1) is 6.92 Å². The van der Waals surface area contributed by atoms with Crippen molar-refractivity contribution in [2.75, 3.05) is 7.05 Å². The quantitative estimate of drug-likeness (QED) is 0.830. The number of benzene rings is 1. The maximum atomic E-state index is 3.17. The second-order valence-corrected chi connectivity index (χ2v) is 4.69. The number of nitrogens with one attached hydrogen (secondary N) is 1. The van der Waals surface area contributed by atoms with Gasteiger partial charge in [-0.3, -0.25) is 0 Å². The second kappa shape index (κ2) is 4.60. The number of rotatable bonds is 3. The van der Waals surface area contributed by atoms with Crippen LogP contribution < -0.4 is 5.32 Å². The summed E-state index contributed by atoms with van der Waals surface area (Å²) in [6, 6.07) is 10.9. The van der Waals surface area contributed by atoms with Crippen molar-refractivity contribution in [2.24, 2.45) is 0 Å². The Morgan fingerprint density at radius 2 is 1.87 bits per heavy atom. The van der Waals surface area contributed by atoms with Crippen molar-refractivity contribution in [1.82, 2.24) is 5.32 Å². The summed E-state index contributed by atoms with van der Waals surface area (Å²) in [7, 11) is 1.98. The summed E-state index contributed by atoms with van der Waals surface area (Å²) in [5.41, 5.74) is 3.94. The molecule has 1 heterocycles. The lowest BCUT2D eigenvalue weighted by Gasteiger charge is -1.98. The summed E-state index contributed by atoms with van der Waals surface area (Å²) < 4.78 is 0. The second-order valence-electron chi connectivity index (χ2n) is 3.70. The van der Waals surface area contributed by atoms with Crippen LogP contribution in [0.1, 0.15) is 10.4 Å². The molecule has 0 atom stereocenters. The number of hydrogen-bond acceptors (Lipinski definition) is 2. The molecule has 0 saturated heterocycles. The van der Waals surface area contributed by atoms with Crippen LogP contribution >= 0.6 is 11.3 Å². The Balaban J connectivity index is 2.25. The normalized spacial score (nSPS) is 10.5. The SMILES string of the molecule is CNCc1cc(-c2ccc(C)cc2)cs1. The summed E-state index contributed by atoms with van der Waals surface area (Å²) in [6.45, 7) is 3.07. The molecule has 0 saturated carbocycles. The van der Waals surface area contributed by atoms with Gasteiger partial charge in [0, 0.05) is 11.4 Å². The van der Waals surface area contributed by atoms with Gasteiger partial charge in [-0.05, 0) is 36.5 Å². The first kappa shape index (κ1) is 10.4. The average molecular weight is 217 g/mol. The van der Waals surface area contributed by atoms with E-state index in [0.717, 1.165) is 6.54 Å². The Hall–Kier alpha value is -1.12. The summed E-state index contributed by atoms with van der Waals surface area (Å²) in [5, 5.41) is 5.39. The zero-order chi connectivity index (χ0) is 10.7. The summed E-state index contributed by atoms with van der Waals surface area (Å²) in [4.78, 5) is 1.38. The minimum atomic E-state index is 0.955. The number of thiophene rings is 1. The Morgan fingerprint density at radius 1 is 1.13 bits per heavy atom. The number of hydrogen-bond donors (Lipinski definition) is 1. The predicted molar refractivity (Wildman–Crippen MR) is 67.3 cm³/mol. The van der Waals surface area contributed by atoms with E-state index in [1.807, 2.05) is 18.4 Å². The first-order chi connectivity index (χ1) is 7.29. The molecule has 0 radical (unpaired) electrons. The molecule has 2 heteroatoms. The van der Waals surface area contributed by atoms with Gasteiger partial charge in [0.05, 0.1) is 0 Å². The van der Waals surface area contributed by atoms with E-state index < -0.39 is 0 Å². The average Bonchev–Trinajstić information content (AvgIpc) is 2.68. The van der Waals surface area contributed by atoms with Crippen LogP contribution in [0.5, 0.6) is 0 Å². The molecule has 0 aliphatic heterocycles. The van der Waals surface area contributed by atoms with E-state index in [4.69, 9.17) is 0 Å². The van der Waals surface area contributed by atoms with Crippen LogP contribution in [-0.2, 0) is 6.54 Å². The molecule has 15 heavy (non-hydrogen) atoms. The van der Waals surface area contributed by atoms with Gasteiger partial charge < -0.3 is 5.32 Å². The molecular weight excluding hydrogens is 202 g/mol. The van der Waals surface area contributed by atoms with Crippen molar-refractivity contribution >= 4 is 11.3 Å². The smallest absolute Gasteiger partial charge is 0.0296 e. The fourth-order valence-corrected chi connectivity index (χ4v) is 2.45. The molecule has 1 nitrogen and oxygen atoms in total. The maximum absolute atomic E-state index is 3.17. The molecule has 78 valence electrons. The standard InChI is InChI=1S/C13H15NS/c1-10-3-5-11(6-4-10)12-7-13(8-14-2)15-9-12/h3-7,9,14H,8H2,1-2H3. The molecule has 0 aliphatic rings. The Bertz CT molecular complexity index is 428. The van der Waals surface area contributed by atoms with Crippen LogP contribution in [0.15, 0.2) is 35.7 Å². The lowest BCUT2D eigenvalue weighted by Crippen LogP contribution is -2.02. The molecule has 1 aromatic heterocycles. The van der Waals surface area contributed by atoms with Gasteiger partial charge in [0.2, 0.25) is 0 Å². The van der Waals surface area contributed by atoms with Crippen LogP contribution in [0.3, 0.4) is 0 Å². The fraction of sp³-hybridized carbons (Fsp3) is 0.231. The highest BCUT2D eigenvalue weighted by Crippen LogP contribution is 2.25. The first-order valence-corrected chi connectivity index (χ1v) is 5.96. The topological polar surface area (TPSA) is 12.0 Å². The fourth-order valence-electron chi connectivity index (χ4n) is 1.54. The zero-order valence-electron chi connectivity index (χ0n) is 9.08. The molecule has 2 aromatic rings. The molecular formula is C13H15NS. The lowest BCUT2D eigenvalue weighted by atomic mass is 10.1. The Kier molecular flexibility index (Phi) is 3.19. The lowest BCUT2D eigenvalue weighted by molar-refractivity contribution is 0.831. The summed E-state index contributed by atoms with van der Waals surface area (Å²) in [6.07, 6.45) is 0. The molecule has 0 spiro atoms. The number of aryl methyl sites for hydroxylation is 1. The minimum Gasteiger partial charge on any atom is -0.315 e. The molecule has 1 aromatic carbocycles. The van der Waals surface area contributed by atoms with Crippen molar-refractivity contribution in [3.8, 4) is 11.1 Å². The van der Waals surface area contributed by atoms with Crippen molar-refractivity contribution in [1.29, 1.82) is 0 Å². The van der Waals surface area contributed by atoms with E-state index in [1.54, 1.807) is 0 Å². The molecule has 0 aliphatic carbocycles. The molecule has 0 unspecified atom stereocenters. The highest BCUT2D eigenvalue weighted by molar-refractivity contribution is 7.10.